The fourth-order valence-corrected chi connectivity index (χ4v) is 5.42. The molecule has 1 aliphatic rings. The zero-order valence-corrected chi connectivity index (χ0v) is 21.8. The van der Waals surface area contributed by atoms with E-state index in [2.05, 4.69) is 6.92 Å². The number of rotatable bonds is 8. The van der Waals surface area contributed by atoms with Gasteiger partial charge in [-0.15, -0.1) is 0 Å². The van der Waals surface area contributed by atoms with Crippen LogP contribution in [0.4, 0.5) is 17.6 Å². The third kappa shape index (κ3) is 6.91. The van der Waals surface area contributed by atoms with Crippen LogP contribution >= 0.6 is 0 Å². The maximum atomic E-state index is 15.4. The predicted molar refractivity (Wildman–Crippen MR) is 146 cm³/mol. The molecule has 3 aromatic rings. The first-order chi connectivity index (χ1) is 17.8. The minimum atomic E-state index is -4.78. The van der Waals surface area contributed by atoms with Crippen molar-refractivity contribution in [3.8, 4) is 22.3 Å². The Morgan fingerprint density at radius 1 is 0.784 bits per heavy atom. The number of benzene rings is 3. The molecule has 4 heteroatoms. The molecule has 37 heavy (non-hydrogen) atoms. The Morgan fingerprint density at radius 3 is 1.97 bits per heavy atom. The average molecular weight is 509 g/mol. The van der Waals surface area contributed by atoms with E-state index in [0.29, 0.717) is 5.56 Å². The summed E-state index contributed by atoms with van der Waals surface area (Å²) in [6.45, 7) is 4.21. The lowest BCUT2D eigenvalue weighted by Gasteiger charge is -2.26. The molecule has 0 atom stereocenters. The second-order valence-corrected chi connectivity index (χ2v) is 10.5. The van der Waals surface area contributed by atoms with Gasteiger partial charge in [-0.25, -0.2) is 4.39 Å². The van der Waals surface area contributed by atoms with Gasteiger partial charge in [0.25, 0.3) is 0 Å². The fraction of sp³-hybridized carbons (Fsp3) is 0.394. The van der Waals surface area contributed by atoms with E-state index in [4.69, 9.17) is 0 Å². The SMILES string of the molecule is CCCCCC1CCC(/C=C/c2ccc(-c3ccc(-c4ccc(C)cc4)cc3)c(F)c2C(F)(F)F)CC1. The highest BCUT2D eigenvalue weighted by Crippen LogP contribution is 2.40. The van der Waals surface area contributed by atoms with Crippen LogP contribution in [0.5, 0.6) is 0 Å². The molecule has 0 aliphatic heterocycles. The summed E-state index contributed by atoms with van der Waals surface area (Å²) in [5.41, 5.74) is 2.19. The van der Waals surface area contributed by atoms with E-state index in [0.717, 1.165) is 48.3 Å². The van der Waals surface area contributed by atoms with Gasteiger partial charge in [-0.1, -0.05) is 111 Å². The van der Waals surface area contributed by atoms with E-state index in [1.54, 1.807) is 12.1 Å². The van der Waals surface area contributed by atoms with E-state index in [1.165, 1.54) is 43.9 Å². The van der Waals surface area contributed by atoms with E-state index in [9.17, 15) is 13.2 Å². The Labute approximate surface area is 218 Å². The van der Waals surface area contributed by atoms with Gasteiger partial charge in [-0.3, -0.25) is 0 Å². The molecule has 0 amide bonds. The van der Waals surface area contributed by atoms with Gasteiger partial charge in [0, 0.05) is 5.56 Å². The smallest absolute Gasteiger partial charge is 0.206 e. The quantitative estimate of drug-likeness (QED) is 0.210. The van der Waals surface area contributed by atoms with Crippen LogP contribution in [0.25, 0.3) is 28.3 Å². The Bertz CT molecular complexity index is 1180. The standard InChI is InChI=1S/C33H36F4/c1-3-4-5-6-24-9-11-25(12-10-24)13-16-29-21-22-30(32(34)31(29)33(35,36)37)28-19-17-27(18-20-28)26-14-7-23(2)8-15-26/h7-8,13-22,24-25H,3-6,9-12H2,1-2H3/b16-13+. The van der Waals surface area contributed by atoms with Gasteiger partial charge in [0.1, 0.15) is 5.82 Å². The Hall–Kier alpha value is -2.88. The summed E-state index contributed by atoms with van der Waals surface area (Å²) in [5.74, 6) is -0.228. The summed E-state index contributed by atoms with van der Waals surface area (Å²) in [4.78, 5) is 0. The lowest BCUT2D eigenvalue weighted by Crippen LogP contribution is -2.14. The van der Waals surface area contributed by atoms with Gasteiger partial charge in [-0.05, 0) is 66.7 Å². The average Bonchev–Trinajstić information content (AvgIpc) is 2.88. The number of allylic oxidation sites excluding steroid dienone is 1. The van der Waals surface area contributed by atoms with Crippen LogP contribution in [0, 0.1) is 24.6 Å². The molecule has 4 rings (SSSR count). The highest BCUT2D eigenvalue weighted by atomic mass is 19.4. The second kappa shape index (κ2) is 12.1. The molecule has 0 radical (unpaired) electrons. The molecule has 0 spiro atoms. The molecular formula is C33H36F4. The van der Waals surface area contributed by atoms with Crippen LogP contribution in [0.2, 0.25) is 0 Å². The maximum Gasteiger partial charge on any atom is 0.419 e. The summed E-state index contributed by atoms with van der Waals surface area (Å²) in [5, 5.41) is 0. The molecule has 0 saturated heterocycles. The number of hydrogen-bond acceptors (Lipinski definition) is 0. The van der Waals surface area contributed by atoms with Crippen molar-refractivity contribution in [3.05, 3.63) is 89.2 Å². The lowest BCUT2D eigenvalue weighted by molar-refractivity contribution is -0.140. The first-order valence-electron chi connectivity index (χ1n) is 13.5. The Balaban J connectivity index is 1.52. The number of alkyl halides is 3. The van der Waals surface area contributed by atoms with Gasteiger partial charge in [0.2, 0.25) is 0 Å². The van der Waals surface area contributed by atoms with Gasteiger partial charge >= 0.3 is 6.18 Å². The molecular weight excluding hydrogens is 472 g/mol. The molecule has 1 aliphatic carbocycles. The Morgan fingerprint density at radius 2 is 1.38 bits per heavy atom. The summed E-state index contributed by atoms with van der Waals surface area (Å²) >= 11 is 0. The van der Waals surface area contributed by atoms with Gasteiger partial charge < -0.3 is 0 Å². The van der Waals surface area contributed by atoms with Crippen LogP contribution in [0.1, 0.15) is 75.0 Å². The topological polar surface area (TPSA) is 0 Å². The predicted octanol–water partition coefficient (Wildman–Crippen LogP) is 10.9. The fourth-order valence-electron chi connectivity index (χ4n) is 5.42. The molecule has 0 bridgehead atoms. The van der Waals surface area contributed by atoms with Crippen molar-refractivity contribution < 1.29 is 17.6 Å². The summed E-state index contributed by atoms with van der Waals surface area (Å²) < 4.78 is 57.4. The largest absolute Gasteiger partial charge is 0.419 e. The summed E-state index contributed by atoms with van der Waals surface area (Å²) in [6.07, 6.45) is 7.78. The van der Waals surface area contributed by atoms with Crippen LogP contribution < -0.4 is 0 Å². The zero-order chi connectivity index (χ0) is 26.4. The van der Waals surface area contributed by atoms with Crippen molar-refractivity contribution >= 4 is 6.08 Å². The highest BCUT2D eigenvalue weighted by molar-refractivity contribution is 5.73. The molecule has 3 aromatic carbocycles. The number of unbranched alkanes of at least 4 members (excludes halogenated alkanes) is 2. The third-order valence-electron chi connectivity index (χ3n) is 7.69. The van der Waals surface area contributed by atoms with Crippen LogP contribution in [-0.4, -0.2) is 0 Å². The van der Waals surface area contributed by atoms with Gasteiger partial charge in [-0.2, -0.15) is 13.2 Å². The minimum absolute atomic E-state index is 0.0347. The molecule has 0 unspecified atom stereocenters. The molecule has 0 nitrogen and oxygen atoms in total. The van der Waals surface area contributed by atoms with E-state index >= 15 is 4.39 Å². The molecule has 1 saturated carbocycles. The van der Waals surface area contributed by atoms with Crippen LogP contribution in [0.15, 0.2) is 66.7 Å². The maximum absolute atomic E-state index is 15.4. The van der Waals surface area contributed by atoms with Crippen molar-refractivity contribution in [2.24, 2.45) is 11.8 Å². The van der Waals surface area contributed by atoms with Crippen LogP contribution in [0.3, 0.4) is 0 Å². The van der Waals surface area contributed by atoms with Crippen molar-refractivity contribution in [1.29, 1.82) is 0 Å². The van der Waals surface area contributed by atoms with Crippen molar-refractivity contribution in [2.75, 3.05) is 0 Å². The van der Waals surface area contributed by atoms with Gasteiger partial charge in [0.05, 0.1) is 5.56 Å². The van der Waals surface area contributed by atoms with E-state index in [-0.39, 0.29) is 17.0 Å². The van der Waals surface area contributed by atoms with Gasteiger partial charge in [0.15, 0.2) is 0 Å². The monoisotopic (exact) mass is 508 g/mol. The zero-order valence-electron chi connectivity index (χ0n) is 21.8. The molecule has 1 fully saturated rings. The first-order valence-corrected chi connectivity index (χ1v) is 13.5. The lowest BCUT2D eigenvalue weighted by atomic mass is 9.79. The number of halogens is 4. The Kier molecular flexibility index (Phi) is 8.89. The second-order valence-electron chi connectivity index (χ2n) is 10.5. The van der Waals surface area contributed by atoms with Crippen molar-refractivity contribution in [3.63, 3.8) is 0 Å². The molecule has 0 heterocycles. The molecule has 196 valence electrons. The number of hydrogen-bond donors (Lipinski definition) is 0. The molecule has 0 aromatic heterocycles. The van der Waals surface area contributed by atoms with Crippen molar-refractivity contribution in [2.45, 2.75) is 71.4 Å². The molecule has 0 N–H and O–H groups in total. The normalized spacial score (nSPS) is 18.4. The van der Waals surface area contributed by atoms with Crippen LogP contribution in [-0.2, 0) is 6.18 Å². The van der Waals surface area contributed by atoms with E-state index < -0.39 is 17.6 Å². The van der Waals surface area contributed by atoms with Crippen molar-refractivity contribution in [1.82, 2.24) is 0 Å². The number of aryl methyl sites for hydroxylation is 1. The summed E-state index contributed by atoms with van der Waals surface area (Å²) in [6, 6.07) is 17.9. The minimum Gasteiger partial charge on any atom is -0.206 e. The third-order valence-corrected chi connectivity index (χ3v) is 7.69. The van der Waals surface area contributed by atoms with E-state index in [1.807, 2.05) is 49.4 Å². The summed E-state index contributed by atoms with van der Waals surface area (Å²) in [7, 11) is 0. The highest BCUT2D eigenvalue weighted by Gasteiger charge is 2.37. The first kappa shape index (κ1) is 27.2.